The van der Waals surface area contributed by atoms with Gasteiger partial charge in [-0.25, -0.2) is 8.42 Å². The lowest BCUT2D eigenvalue weighted by atomic mass is 9.98. The first-order chi connectivity index (χ1) is 7.57. The molecule has 1 aliphatic heterocycles. The molecule has 0 aromatic heterocycles. The minimum atomic E-state index is -2.76. The predicted octanol–water partition coefficient (Wildman–Crippen LogP) is 1.73. The van der Waals surface area contributed by atoms with E-state index in [4.69, 9.17) is 0 Å². The zero-order valence-corrected chi connectivity index (χ0v) is 10.9. The molecule has 0 aromatic carbocycles. The van der Waals surface area contributed by atoms with E-state index in [1.54, 1.807) is 0 Å². The third kappa shape index (κ3) is 3.20. The van der Waals surface area contributed by atoms with Gasteiger partial charge in [0, 0.05) is 12.1 Å². The molecule has 0 spiro atoms. The molecule has 0 bridgehead atoms. The van der Waals surface area contributed by atoms with Gasteiger partial charge in [-0.3, -0.25) is 0 Å². The molecule has 2 atom stereocenters. The maximum absolute atomic E-state index is 11.5. The van der Waals surface area contributed by atoms with Crippen LogP contribution in [0.3, 0.4) is 0 Å². The van der Waals surface area contributed by atoms with Gasteiger partial charge in [0.05, 0.1) is 11.5 Å². The van der Waals surface area contributed by atoms with Crippen molar-refractivity contribution in [1.29, 1.82) is 0 Å². The first kappa shape index (κ1) is 12.4. The van der Waals surface area contributed by atoms with E-state index in [1.807, 2.05) is 0 Å². The van der Waals surface area contributed by atoms with Gasteiger partial charge in [-0.15, -0.1) is 0 Å². The fourth-order valence-corrected chi connectivity index (χ4v) is 4.77. The molecule has 2 aliphatic rings. The molecule has 0 radical (unpaired) electrons. The Bertz CT molecular complexity index is 320. The molecule has 16 heavy (non-hydrogen) atoms. The monoisotopic (exact) mass is 245 g/mol. The number of nitrogens with one attached hydrogen (secondary N) is 1. The van der Waals surface area contributed by atoms with Gasteiger partial charge in [-0.1, -0.05) is 12.8 Å². The van der Waals surface area contributed by atoms with Gasteiger partial charge in [-0.05, 0) is 38.5 Å². The summed E-state index contributed by atoms with van der Waals surface area (Å²) in [7, 11) is -2.76. The van der Waals surface area contributed by atoms with Crippen molar-refractivity contribution in [2.75, 3.05) is 11.5 Å². The van der Waals surface area contributed by atoms with Crippen LogP contribution in [0, 0.1) is 5.92 Å². The first-order valence-electron chi connectivity index (χ1n) is 6.53. The standard InChI is InChI=1S/C12H23NO2S/c1-10(11-5-2-3-6-11)13-12-7-4-8-16(14,15)9-12/h10-13H,2-9H2,1H3. The van der Waals surface area contributed by atoms with Crippen LogP contribution in [0.5, 0.6) is 0 Å². The third-order valence-corrected chi connectivity index (χ3v) is 5.89. The van der Waals surface area contributed by atoms with Crippen LogP contribution in [-0.2, 0) is 9.84 Å². The Balaban J connectivity index is 1.84. The second-order valence-electron chi connectivity index (χ2n) is 5.45. The topological polar surface area (TPSA) is 46.2 Å². The summed E-state index contributed by atoms with van der Waals surface area (Å²) in [5.74, 6) is 1.51. The van der Waals surface area contributed by atoms with Gasteiger partial charge < -0.3 is 5.32 Å². The number of hydrogen-bond donors (Lipinski definition) is 1. The average molecular weight is 245 g/mol. The van der Waals surface area contributed by atoms with Crippen molar-refractivity contribution in [2.24, 2.45) is 5.92 Å². The van der Waals surface area contributed by atoms with Gasteiger partial charge in [0.15, 0.2) is 9.84 Å². The Morgan fingerprint density at radius 3 is 2.44 bits per heavy atom. The Hall–Kier alpha value is -0.0900. The van der Waals surface area contributed by atoms with Gasteiger partial charge in [0.2, 0.25) is 0 Å². The molecule has 1 saturated carbocycles. The van der Waals surface area contributed by atoms with E-state index in [2.05, 4.69) is 12.2 Å². The Morgan fingerprint density at radius 2 is 1.81 bits per heavy atom. The maximum atomic E-state index is 11.5. The van der Waals surface area contributed by atoms with Crippen LogP contribution >= 0.6 is 0 Å². The normalized spacial score (nSPS) is 32.7. The summed E-state index contributed by atoms with van der Waals surface area (Å²) in [4.78, 5) is 0. The summed E-state index contributed by atoms with van der Waals surface area (Å²) in [6, 6.07) is 0.690. The predicted molar refractivity (Wildman–Crippen MR) is 66.2 cm³/mol. The summed E-state index contributed by atoms with van der Waals surface area (Å²) in [6.07, 6.45) is 7.17. The fraction of sp³-hybridized carbons (Fsp3) is 1.00. The van der Waals surface area contributed by atoms with Crippen LogP contribution in [-0.4, -0.2) is 32.0 Å². The smallest absolute Gasteiger partial charge is 0.151 e. The van der Waals surface area contributed by atoms with Crippen molar-refractivity contribution < 1.29 is 8.42 Å². The van der Waals surface area contributed by atoms with Crippen LogP contribution in [0.2, 0.25) is 0 Å². The second-order valence-corrected chi connectivity index (χ2v) is 7.68. The molecule has 2 unspecified atom stereocenters. The van der Waals surface area contributed by atoms with Crippen molar-refractivity contribution >= 4 is 9.84 Å². The van der Waals surface area contributed by atoms with E-state index < -0.39 is 9.84 Å². The molecule has 94 valence electrons. The summed E-state index contributed by atoms with van der Waals surface area (Å²) < 4.78 is 23.0. The van der Waals surface area contributed by atoms with Gasteiger partial charge in [-0.2, -0.15) is 0 Å². The van der Waals surface area contributed by atoms with Crippen molar-refractivity contribution in [2.45, 2.75) is 57.5 Å². The molecule has 1 heterocycles. The Morgan fingerprint density at radius 1 is 1.12 bits per heavy atom. The van der Waals surface area contributed by atoms with Crippen molar-refractivity contribution in [3.05, 3.63) is 0 Å². The summed E-state index contributed by atoms with van der Waals surface area (Å²) in [5, 5.41) is 3.54. The number of sulfone groups is 1. The minimum Gasteiger partial charge on any atom is -0.310 e. The zero-order valence-electron chi connectivity index (χ0n) is 10.1. The zero-order chi connectivity index (χ0) is 11.6. The molecular formula is C12H23NO2S. The quantitative estimate of drug-likeness (QED) is 0.823. The average Bonchev–Trinajstić information content (AvgIpc) is 2.68. The minimum absolute atomic E-state index is 0.203. The second kappa shape index (κ2) is 5.05. The van der Waals surface area contributed by atoms with Crippen molar-refractivity contribution in [3.63, 3.8) is 0 Å². The summed E-state index contributed by atoms with van der Waals surface area (Å²) >= 11 is 0. The van der Waals surface area contributed by atoms with Crippen molar-refractivity contribution in [3.8, 4) is 0 Å². The van der Waals surface area contributed by atoms with E-state index in [-0.39, 0.29) is 6.04 Å². The van der Waals surface area contributed by atoms with Gasteiger partial charge >= 0.3 is 0 Å². The summed E-state index contributed by atoms with van der Waals surface area (Å²) in [6.45, 7) is 2.22. The Kier molecular flexibility index (Phi) is 3.90. The molecule has 2 rings (SSSR count). The summed E-state index contributed by atoms with van der Waals surface area (Å²) in [5.41, 5.74) is 0. The molecule has 1 N–H and O–H groups in total. The lowest BCUT2D eigenvalue weighted by Crippen LogP contribution is -2.46. The fourth-order valence-electron chi connectivity index (χ4n) is 3.12. The third-order valence-electron chi connectivity index (χ3n) is 4.07. The highest BCUT2D eigenvalue weighted by atomic mass is 32.2. The Labute approximate surface area is 98.9 Å². The molecule has 4 heteroatoms. The van der Waals surface area contributed by atoms with E-state index in [1.165, 1.54) is 25.7 Å². The molecule has 3 nitrogen and oxygen atoms in total. The molecule has 1 saturated heterocycles. The maximum Gasteiger partial charge on any atom is 0.151 e. The number of rotatable bonds is 3. The van der Waals surface area contributed by atoms with Gasteiger partial charge in [0.25, 0.3) is 0 Å². The van der Waals surface area contributed by atoms with E-state index in [0.29, 0.717) is 17.5 Å². The van der Waals surface area contributed by atoms with E-state index in [9.17, 15) is 8.42 Å². The molecule has 0 amide bonds. The largest absolute Gasteiger partial charge is 0.310 e. The highest BCUT2D eigenvalue weighted by Gasteiger charge is 2.28. The van der Waals surface area contributed by atoms with Crippen LogP contribution < -0.4 is 5.32 Å². The highest BCUT2D eigenvalue weighted by Crippen LogP contribution is 2.28. The first-order valence-corrected chi connectivity index (χ1v) is 8.35. The van der Waals surface area contributed by atoms with Gasteiger partial charge in [0.1, 0.15) is 0 Å². The lowest BCUT2D eigenvalue weighted by Gasteiger charge is -2.29. The van der Waals surface area contributed by atoms with Crippen LogP contribution in [0.4, 0.5) is 0 Å². The van der Waals surface area contributed by atoms with E-state index >= 15 is 0 Å². The molecule has 2 fully saturated rings. The van der Waals surface area contributed by atoms with Crippen molar-refractivity contribution in [1.82, 2.24) is 5.32 Å². The SMILES string of the molecule is CC(NC1CCCS(=O)(=O)C1)C1CCCC1. The molecule has 0 aromatic rings. The number of hydrogen-bond acceptors (Lipinski definition) is 3. The molecule has 1 aliphatic carbocycles. The van der Waals surface area contributed by atoms with Crippen LogP contribution in [0.1, 0.15) is 45.4 Å². The highest BCUT2D eigenvalue weighted by molar-refractivity contribution is 7.91. The van der Waals surface area contributed by atoms with E-state index in [0.717, 1.165) is 18.8 Å². The molecular weight excluding hydrogens is 222 g/mol. The van der Waals surface area contributed by atoms with Crippen LogP contribution in [0.15, 0.2) is 0 Å². The van der Waals surface area contributed by atoms with Crippen LogP contribution in [0.25, 0.3) is 0 Å². The lowest BCUT2D eigenvalue weighted by molar-refractivity contribution is 0.337.